The highest BCUT2D eigenvalue weighted by Gasteiger charge is 2.18. The lowest BCUT2D eigenvalue weighted by atomic mass is 10.2. The van der Waals surface area contributed by atoms with E-state index >= 15 is 0 Å². The van der Waals surface area contributed by atoms with Crippen molar-refractivity contribution in [1.82, 2.24) is 0 Å². The largest absolute Gasteiger partial charge is 0.493 e. The molecule has 0 saturated heterocycles. The highest BCUT2D eigenvalue weighted by Crippen LogP contribution is 2.29. The van der Waals surface area contributed by atoms with Crippen LogP contribution in [0.4, 0.5) is 11.4 Å². The van der Waals surface area contributed by atoms with Crippen molar-refractivity contribution in [2.75, 3.05) is 17.1 Å². The van der Waals surface area contributed by atoms with Gasteiger partial charge >= 0.3 is 0 Å². The van der Waals surface area contributed by atoms with Crippen LogP contribution in [0.15, 0.2) is 76.0 Å². The van der Waals surface area contributed by atoms with Crippen LogP contribution in [0.25, 0.3) is 11.0 Å². The van der Waals surface area contributed by atoms with Gasteiger partial charge in [0.25, 0.3) is 15.9 Å². The second-order valence-electron chi connectivity index (χ2n) is 7.03. The van der Waals surface area contributed by atoms with Gasteiger partial charge in [-0.1, -0.05) is 29.8 Å². The molecule has 164 valence electrons. The van der Waals surface area contributed by atoms with Gasteiger partial charge in [-0.15, -0.1) is 0 Å². The highest BCUT2D eigenvalue weighted by atomic mass is 35.5. The van der Waals surface area contributed by atoms with Crippen molar-refractivity contribution in [2.45, 2.75) is 11.8 Å². The van der Waals surface area contributed by atoms with Crippen molar-refractivity contribution in [2.24, 2.45) is 0 Å². The van der Waals surface area contributed by atoms with E-state index < -0.39 is 15.9 Å². The van der Waals surface area contributed by atoms with E-state index in [1.807, 2.05) is 6.07 Å². The second-order valence-corrected chi connectivity index (χ2v) is 9.15. The molecule has 0 spiro atoms. The zero-order chi connectivity index (χ0) is 22.9. The SMILES string of the molecule is COc1cccc2cc(C(=O)Nc3ccc(S(=O)(=O)Nc4cc(Cl)ccc4C)cc3)oc12. The Bertz CT molecular complexity index is 1410. The minimum Gasteiger partial charge on any atom is -0.493 e. The molecule has 0 radical (unpaired) electrons. The number of halogens is 1. The number of amides is 1. The van der Waals surface area contributed by atoms with Gasteiger partial charge in [0, 0.05) is 16.1 Å². The fraction of sp³-hybridized carbons (Fsp3) is 0.0870. The van der Waals surface area contributed by atoms with Crippen LogP contribution in [0.5, 0.6) is 5.75 Å². The Balaban J connectivity index is 1.51. The zero-order valence-electron chi connectivity index (χ0n) is 17.2. The minimum atomic E-state index is -3.83. The lowest BCUT2D eigenvalue weighted by molar-refractivity contribution is 0.0998. The summed E-state index contributed by atoms with van der Waals surface area (Å²) in [4.78, 5) is 12.6. The van der Waals surface area contributed by atoms with E-state index in [0.29, 0.717) is 27.7 Å². The second kappa shape index (κ2) is 8.57. The summed E-state index contributed by atoms with van der Waals surface area (Å²) in [5.41, 5.74) is 2.03. The minimum absolute atomic E-state index is 0.0448. The standard InChI is InChI=1S/C23H19ClN2O5S/c1-14-6-7-16(24)13-19(14)26-32(28,29)18-10-8-17(9-11-18)25-23(27)21-12-15-4-3-5-20(30-2)22(15)31-21/h3-13,26H,1-2H3,(H,25,27). The molecular formula is C23H19ClN2O5S. The molecular weight excluding hydrogens is 452 g/mol. The summed E-state index contributed by atoms with van der Waals surface area (Å²) in [7, 11) is -2.31. The Morgan fingerprint density at radius 1 is 1.03 bits per heavy atom. The molecule has 0 saturated carbocycles. The number of nitrogens with one attached hydrogen (secondary N) is 2. The van der Waals surface area contributed by atoms with Gasteiger partial charge in [0.15, 0.2) is 17.1 Å². The molecule has 0 unspecified atom stereocenters. The number of fused-ring (bicyclic) bond motifs is 1. The molecule has 4 rings (SSSR count). The fourth-order valence-electron chi connectivity index (χ4n) is 3.13. The van der Waals surface area contributed by atoms with Gasteiger partial charge in [-0.3, -0.25) is 9.52 Å². The van der Waals surface area contributed by atoms with Crippen molar-refractivity contribution < 1.29 is 22.4 Å². The average molecular weight is 471 g/mol. The molecule has 1 amide bonds. The van der Waals surface area contributed by atoms with E-state index in [-0.39, 0.29) is 10.7 Å². The van der Waals surface area contributed by atoms with Crippen LogP contribution < -0.4 is 14.8 Å². The van der Waals surface area contributed by atoms with Crippen molar-refractivity contribution in [3.8, 4) is 5.75 Å². The third kappa shape index (κ3) is 4.42. The number of hydrogen-bond donors (Lipinski definition) is 2. The summed E-state index contributed by atoms with van der Waals surface area (Å²) in [6.45, 7) is 1.78. The van der Waals surface area contributed by atoms with Crippen LogP contribution in [0.1, 0.15) is 16.1 Å². The molecule has 0 aliphatic rings. The third-order valence-electron chi connectivity index (χ3n) is 4.82. The maximum atomic E-state index is 12.7. The van der Waals surface area contributed by atoms with Crippen molar-refractivity contribution in [3.63, 3.8) is 0 Å². The molecule has 1 aromatic heterocycles. The summed E-state index contributed by atoms with van der Waals surface area (Å²) in [5.74, 6) is 0.171. The summed E-state index contributed by atoms with van der Waals surface area (Å²) in [5, 5.41) is 3.86. The monoisotopic (exact) mass is 470 g/mol. The predicted molar refractivity (Wildman–Crippen MR) is 124 cm³/mol. The molecule has 32 heavy (non-hydrogen) atoms. The maximum Gasteiger partial charge on any atom is 0.291 e. The number of sulfonamides is 1. The van der Waals surface area contributed by atoms with Crippen LogP contribution in [0.2, 0.25) is 5.02 Å². The Hall–Kier alpha value is -3.49. The fourth-order valence-corrected chi connectivity index (χ4v) is 4.42. The lowest BCUT2D eigenvalue weighted by Gasteiger charge is -2.11. The number of aryl methyl sites for hydroxylation is 1. The van der Waals surface area contributed by atoms with Crippen LogP contribution >= 0.6 is 11.6 Å². The van der Waals surface area contributed by atoms with Gasteiger partial charge in [0.1, 0.15) is 0 Å². The van der Waals surface area contributed by atoms with Crippen molar-refractivity contribution >= 4 is 49.9 Å². The molecule has 0 aliphatic heterocycles. The summed E-state index contributed by atoms with van der Waals surface area (Å²) in [6, 6.07) is 17.7. The Morgan fingerprint density at radius 3 is 2.50 bits per heavy atom. The molecule has 0 fully saturated rings. The van der Waals surface area contributed by atoms with Gasteiger partial charge in [-0.2, -0.15) is 0 Å². The van der Waals surface area contributed by atoms with Crippen LogP contribution in [-0.2, 0) is 10.0 Å². The number of benzene rings is 3. The Kier molecular flexibility index (Phi) is 5.82. The molecule has 3 aromatic carbocycles. The molecule has 0 aliphatic carbocycles. The number of anilines is 2. The van der Waals surface area contributed by atoms with Crippen molar-refractivity contribution in [1.29, 1.82) is 0 Å². The van der Waals surface area contributed by atoms with Gasteiger partial charge in [-0.25, -0.2) is 8.42 Å². The molecule has 9 heteroatoms. The first kappa shape index (κ1) is 21.7. The molecule has 0 bridgehead atoms. The van der Waals surface area contributed by atoms with Gasteiger partial charge in [0.05, 0.1) is 17.7 Å². The van der Waals surface area contributed by atoms with Gasteiger partial charge < -0.3 is 14.5 Å². The van der Waals surface area contributed by atoms with Gasteiger partial charge in [0.2, 0.25) is 0 Å². The molecule has 0 atom stereocenters. The van der Waals surface area contributed by atoms with E-state index in [1.165, 1.54) is 31.4 Å². The predicted octanol–water partition coefficient (Wildman–Crippen LogP) is 5.46. The number of rotatable bonds is 6. The normalized spacial score (nSPS) is 11.3. The number of carbonyl (C=O) groups excluding carboxylic acids is 1. The maximum absolute atomic E-state index is 12.7. The summed E-state index contributed by atoms with van der Waals surface area (Å²) >= 11 is 5.96. The average Bonchev–Trinajstić information content (AvgIpc) is 3.21. The van der Waals surface area contributed by atoms with E-state index in [9.17, 15) is 13.2 Å². The smallest absolute Gasteiger partial charge is 0.291 e. The van der Waals surface area contributed by atoms with E-state index in [2.05, 4.69) is 10.0 Å². The molecule has 7 nitrogen and oxygen atoms in total. The number of ether oxygens (including phenoxy) is 1. The van der Waals surface area contributed by atoms with E-state index in [4.69, 9.17) is 20.8 Å². The molecule has 1 heterocycles. The zero-order valence-corrected chi connectivity index (χ0v) is 18.8. The first-order valence-electron chi connectivity index (χ1n) is 9.54. The van der Waals surface area contributed by atoms with Crippen LogP contribution in [0, 0.1) is 6.92 Å². The number of furan rings is 1. The Labute approximate surface area is 190 Å². The molecule has 2 N–H and O–H groups in total. The first-order valence-corrected chi connectivity index (χ1v) is 11.4. The topological polar surface area (TPSA) is 97.6 Å². The van der Waals surface area contributed by atoms with E-state index in [0.717, 1.165) is 10.9 Å². The Morgan fingerprint density at radius 2 is 1.78 bits per heavy atom. The number of para-hydroxylation sites is 1. The number of methoxy groups -OCH3 is 1. The summed E-state index contributed by atoms with van der Waals surface area (Å²) < 4.78 is 38.8. The number of hydrogen-bond acceptors (Lipinski definition) is 5. The lowest BCUT2D eigenvalue weighted by Crippen LogP contribution is -2.14. The van der Waals surface area contributed by atoms with Crippen LogP contribution in [-0.4, -0.2) is 21.4 Å². The van der Waals surface area contributed by atoms with E-state index in [1.54, 1.807) is 43.3 Å². The number of carbonyl (C=O) groups is 1. The highest BCUT2D eigenvalue weighted by molar-refractivity contribution is 7.92. The van der Waals surface area contributed by atoms with Gasteiger partial charge in [-0.05, 0) is 61.0 Å². The van der Waals surface area contributed by atoms with Crippen molar-refractivity contribution in [3.05, 3.63) is 83.1 Å². The quantitative estimate of drug-likeness (QED) is 0.390. The first-order chi connectivity index (χ1) is 15.3. The van der Waals surface area contributed by atoms with Crippen LogP contribution in [0.3, 0.4) is 0 Å². The summed E-state index contributed by atoms with van der Waals surface area (Å²) in [6.07, 6.45) is 0. The third-order valence-corrected chi connectivity index (χ3v) is 6.43. The molecule has 4 aromatic rings.